The first-order valence-corrected chi connectivity index (χ1v) is 7.35. The lowest BCUT2D eigenvalue weighted by Crippen LogP contribution is -1.96. The van der Waals surface area contributed by atoms with Gasteiger partial charge in [-0.15, -0.1) is 0 Å². The van der Waals surface area contributed by atoms with Crippen LogP contribution in [0.4, 0.5) is 0 Å². The van der Waals surface area contributed by atoms with Gasteiger partial charge in [-0.05, 0) is 42.8 Å². The molecule has 120 valence electrons. The standard InChI is InChI=1S/C19H20O4/c1-4-23-19-12-14(9-11-18(19)22-3)8-10-17(20)15-6-5-7-16(13-15)21-2/h5-13H,4H2,1-3H3/b10-8+. The van der Waals surface area contributed by atoms with Crippen molar-refractivity contribution >= 4 is 11.9 Å². The first-order chi connectivity index (χ1) is 11.2. The molecule has 0 amide bonds. The molecular weight excluding hydrogens is 292 g/mol. The van der Waals surface area contributed by atoms with E-state index in [2.05, 4.69) is 0 Å². The molecular formula is C19H20O4. The van der Waals surface area contributed by atoms with E-state index >= 15 is 0 Å². The van der Waals surface area contributed by atoms with E-state index in [1.54, 1.807) is 44.6 Å². The predicted octanol–water partition coefficient (Wildman–Crippen LogP) is 4.00. The second-order valence-electron chi connectivity index (χ2n) is 4.77. The Morgan fingerprint density at radius 3 is 2.57 bits per heavy atom. The second kappa shape index (κ2) is 8.03. The summed E-state index contributed by atoms with van der Waals surface area (Å²) in [4.78, 5) is 12.2. The van der Waals surface area contributed by atoms with Crippen LogP contribution in [0.5, 0.6) is 17.2 Å². The van der Waals surface area contributed by atoms with Gasteiger partial charge in [0.2, 0.25) is 0 Å². The number of rotatable bonds is 7. The molecule has 0 atom stereocenters. The number of ketones is 1. The molecule has 0 unspecified atom stereocenters. The maximum absolute atomic E-state index is 12.2. The van der Waals surface area contributed by atoms with Crippen LogP contribution in [-0.2, 0) is 0 Å². The van der Waals surface area contributed by atoms with Gasteiger partial charge in [-0.1, -0.05) is 24.3 Å². The fourth-order valence-electron chi connectivity index (χ4n) is 2.11. The van der Waals surface area contributed by atoms with Gasteiger partial charge in [0.25, 0.3) is 0 Å². The number of hydrogen-bond donors (Lipinski definition) is 0. The van der Waals surface area contributed by atoms with Gasteiger partial charge in [-0.25, -0.2) is 0 Å². The normalized spacial score (nSPS) is 10.6. The molecule has 2 aromatic rings. The van der Waals surface area contributed by atoms with Crippen LogP contribution in [0.15, 0.2) is 48.5 Å². The van der Waals surface area contributed by atoms with E-state index in [4.69, 9.17) is 14.2 Å². The van der Waals surface area contributed by atoms with Crippen molar-refractivity contribution in [3.63, 3.8) is 0 Å². The van der Waals surface area contributed by atoms with Crippen LogP contribution < -0.4 is 14.2 Å². The van der Waals surface area contributed by atoms with Crippen LogP contribution in [-0.4, -0.2) is 26.6 Å². The van der Waals surface area contributed by atoms with Crippen molar-refractivity contribution in [2.24, 2.45) is 0 Å². The third-order valence-corrected chi connectivity index (χ3v) is 3.27. The molecule has 2 aromatic carbocycles. The summed E-state index contributed by atoms with van der Waals surface area (Å²) in [5.74, 6) is 1.90. The van der Waals surface area contributed by atoms with Gasteiger partial charge in [0, 0.05) is 5.56 Å². The molecule has 0 aliphatic rings. The van der Waals surface area contributed by atoms with E-state index in [1.165, 1.54) is 6.08 Å². The Morgan fingerprint density at radius 2 is 1.87 bits per heavy atom. The monoisotopic (exact) mass is 312 g/mol. The smallest absolute Gasteiger partial charge is 0.185 e. The first-order valence-electron chi connectivity index (χ1n) is 7.35. The molecule has 0 saturated carbocycles. The Balaban J connectivity index is 2.18. The molecule has 2 rings (SSSR count). The summed E-state index contributed by atoms with van der Waals surface area (Å²) >= 11 is 0. The average molecular weight is 312 g/mol. The minimum absolute atomic E-state index is 0.0855. The van der Waals surface area contributed by atoms with E-state index in [0.717, 1.165) is 5.56 Å². The van der Waals surface area contributed by atoms with Gasteiger partial charge < -0.3 is 14.2 Å². The fraction of sp³-hybridized carbons (Fsp3) is 0.211. The molecule has 23 heavy (non-hydrogen) atoms. The lowest BCUT2D eigenvalue weighted by molar-refractivity contribution is 0.104. The summed E-state index contributed by atoms with van der Waals surface area (Å²) in [5, 5.41) is 0. The zero-order chi connectivity index (χ0) is 16.7. The highest BCUT2D eigenvalue weighted by Gasteiger charge is 2.06. The molecule has 0 heterocycles. The van der Waals surface area contributed by atoms with E-state index in [1.807, 2.05) is 25.1 Å². The van der Waals surface area contributed by atoms with Gasteiger partial charge in [0.1, 0.15) is 5.75 Å². The quantitative estimate of drug-likeness (QED) is 0.572. The van der Waals surface area contributed by atoms with E-state index < -0.39 is 0 Å². The highest BCUT2D eigenvalue weighted by Crippen LogP contribution is 2.28. The van der Waals surface area contributed by atoms with Crippen molar-refractivity contribution < 1.29 is 19.0 Å². The van der Waals surface area contributed by atoms with Crippen molar-refractivity contribution in [1.82, 2.24) is 0 Å². The molecule has 0 bridgehead atoms. The number of methoxy groups -OCH3 is 2. The van der Waals surface area contributed by atoms with Crippen molar-refractivity contribution in [3.05, 3.63) is 59.7 Å². The Morgan fingerprint density at radius 1 is 1.04 bits per heavy atom. The maximum atomic E-state index is 12.2. The summed E-state index contributed by atoms with van der Waals surface area (Å²) in [6.45, 7) is 2.46. The third-order valence-electron chi connectivity index (χ3n) is 3.27. The van der Waals surface area contributed by atoms with Crippen LogP contribution in [0.25, 0.3) is 6.08 Å². The zero-order valence-electron chi connectivity index (χ0n) is 13.5. The van der Waals surface area contributed by atoms with Crippen molar-refractivity contribution in [3.8, 4) is 17.2 Å². The number of carbonyl (C=O) groups excluding carboxylic acids is 1. The molecule has 0 fully saturated rings. The van der Waals surface area contributed by atoms with E-state index in [-0.39, 0.29) is 5.78 Å². The number of allylic oxidation sites excluding steroid dienone is 1. The van der Waals surface area contributed by atoms with E-state index in [9.17, 15) is 4.79 Å². The number of ether oxygens (including phenoxy) is 3. The molecule has 0 spiro atoms. The Hall–Kier alpha value is -2.75. The Bertz CT molecular complexity index is 704. The highest BCUT2D eigenvalue weighted by atomic mass is 16.5. The maximum Gasteiger partial charge on any atom is 0.185 e. The van der Waals surface area contributed by atoms with Gasteiger partial charge >= 0.3 is 0 Å². The average Bonchev–Trinajstić information content (AvgIpc) is 2.60. The number of benzene rings is 2. The molecule has 0 aromatic heterocycles. The largest absolute Gasteiger partial charge is 0.497 e. The van der Waals surface area contributed by atoms with Crippen molar-refractivity contribution in [1.29, 1.82) is 0 Å². The summed E-state index contributed by atoms with van der Waals surface area (Å²) in [5.41, 5.74) is 1.45. The molecule has 0 saturated heterocycles. The first kappa shape index (κ1) is 16.6. The Labute approximate surface area is 136 Å². The summed E-state index contributed by atoms with van der Waals surface area (Å²) in [6.07, 6.45) is 3.29. The SMILES string of the molecule is CCOc1cc(/C=C/C(=O)c2cccc(OC)c2)ccc1OC. The predicted molar refractivity (Wildman–Crippen MR) is 90.5 cm³/mol. The molecule has 0 aliphatic heterocycles. The van der Waals surface area contributed by atoms with Crippen LogP contribution >= 0.6 is 0 Å². The van der Waals surface area contributed by atoms with Gasteiger partial charge in [-0.2, -0.15) is 0 Å². The van der Waals surface area contributed by atoms with Crippen LogP contribution in [0.1, 0.15) is 22.8 Å². The molecule has 0 N–H and O–H groups in total. The number of hydrogen-bond acceptors (Lipinski definition) is 4. The van der Waals surface area contributed by atoms with Gasteiger partial charge in [0.05, 0.1) is 20.8 Å². The van der Waals surface area contributed by atoms with Crippen LogP contribution in [0.3, 0.4) is 0 Å². The number of carbonyl (C=O) groups is 1. The summed E-state index contributed by atoms with van der Waals surface area (Å²) in [6, 6.07) is 12.6. The van der Waals surface area contributed by atoms with Gasteiger partial charge in [0.15, 0.2) is 17.3 Å². The lowest BCUT2D eigenvalue weighted by Gasteiger charge is -2.09. The molecule has 0 aliphatic carbocycles. The third kappa shape index (κ3) is 4.36. The van der Waals surface area contributed by atoms with Crippen LogP contribution in [0.2, 0.25) is 0 Å². The summed E-state index contributed by atoms with van der Waals surface area (Å²) in [7, 11) is 3.17. The van der Waals surface area contributed by atoms with Crippen molar-refractivity contribution in [2.45, 2.75) is 6.92 Å². The minimum Gasteiger partial charge on any atom is -0.497 e. The van der Waals surface area contributed by atoms with Crippen LogP contribution in [0, 0.1) is 0 Å². The molecule has 0 radical (unpaired) electrons. The zero-order valence-corrected chi connectivity index (χ0v) is 13.5. The molecule has 4 heteroatoms. The highest BCUT2D eigenvalue weighted by molar-refractivity contribution is 6.07. The Kier molecular flexibility index (Phi) is 5.80. The fourth-order valence-corrected chi connectivity index (χ4v) is 2.11. The second-order valence-corrected chi connectivity index (χ2v) is 4.77. The van der Waals surface area contributed by atoms with E-state index in [0.29, 0.717) is 29.4 Å². The van der Waals surface area contributed by atoms with Crippen molar-refractivity contribution in [2.75, 3.05) is 20.8 Å². The minimum atomic E-state index is -0.0855. The molecule has 4 nitrogen and oxygen atoms in total. The topological polar surface area (TPSA) is 44.8 Å². The summed E-state index contributed by atoms with van der Waals surface area (Å²) < 4.78 is 15.9. The lowest BCUT2D eigenvalue weighted by atomic mass is 10.1. The van der Waals surface area contributed by atoms with Gasteiger partial charge in [-0.3, -0.25) is 4.79 Å².